The number of nitrogens with zero attached hydrogens (tertiary/aromatic N) is 4. The number of methoxy groups -OCH3 is 2. The van der Waals surface area contributed by atoms with E-state index in [1.807, 2.05) is 71.9 Å². The summed E-state index contributed by atoms with van der Waals surface area (Å²) in [5, 5.41) is 0. The van der Waals surface area contributed by atoms with Gasteiger partial charge in [0, 0.05) is 50.5 Å². The number of hydrogen-bond acceptors (Lipinski definition) is 5. The van der Waals surface area contributed by atoms with E-state index < -0.39 is 29.8 Å². The minimum Gasteiger partial charge on any atom is -0.496 e. The van der Waals surface area contributed by atoms with Gasteiger partial charge in [0.1, 0.15) is 11.5 Å². The largest absolute Gasteiger partial charge is 0.573 e. The van der Waals surface area contributed by atoms with Gasteiger partial charge in [-0.3, -0.25) is 8.80 Å². The van der Waals surface area contributed by atoms with Gasteiger partial charge in [-0.15, -0.1) is 13.2 Å². The van der Waals surface area contributed by atoms with Crippen molar-refractivity contribution in [1.82, 2.24) is 18.8 Å². The Hall–Kier alpha value is -5.11. The molecule has 0 saturated carbocycles. The molecule has 6 rings (SSSR count). The molecule has 0 fully saturated rings. The van der Waals surface area contributed by atoms with Crippen LogP contribution in [0.4, 0.5) is 30.7 Å². The second-order valence-electron chi connectivity index (χ2n) is 12.1. The number of hydrogen-bond donors (Lipinski definition) is 0. The first-order chi connectivity index (χ1) is 25.3. The van der Waals surface area contributed by atoms with Crippen LogP contribution in [0.5, 0.6) is 11.5 Å². The lowest BCUT2D eigenvalue weighted by Crippen LogP contribution is -2.19. The Morgan fingerprint density at radius 2 is 1.04 bits per heavy atom. The van der Waals surface area contributed by atoms with Gasteiger partial charge in [0.2, 0.25) is 0 Å². The van der Waals surface area contributed by atoms with Gasteiger partial charge in [-0.05, 0) is 54.8 Å². The van der Waals surface area contributed by atoms with Gasteiger partial charge in [-0.1, -0.05) is 64.1 Å². The molecule has 2 aromatic carbocycles. The van der Waals surface area contributed by atoms with E-state index in [0.717, 1.165) is 42.7 Å². The van der Waals surface area contributed by atoms with Gasteiger partial charge >= 0.3 is 18.2 Å². The molecule has 14 heteroatoms. The zero-order valence-corrected chi connectivity index (χ0v) is 31.8. The lowest BCUT2D eigenvalue weighted by atomic mass is 9.95. The molecular weight excluding hydrogens is 717 g/mol. The zero-order valence-electron chi connectivity index (χ0n) is 31.8. The van der Waals surface area contributed by atoms with Crippen molar-refractivity contribution in [3.63, 3.8) is 0 Å². The Bertz CT molecular complexity index is 2110. The molecule has 6 aromatic rings. The van der Waals surface area contributed by atoms with E-state index >= 15 is 0 Å². The Morgan fingerprint density at radius 1 is 0.574 bits per heavy atom. The first-order valence-electron chi connectivity index (χ1n) is 17.1. The molecule has 0 aliphatic rings. The second-order valence-corrected chi connectivity index (χ2v) is 12.1. The normalized spacial score (nSPS) is 11.9. The average Bonchev–Trinajstić information content (AvgIpc) is 3.77. The molecular formula is C40H45F7N4O3. The minimum atomic E-state index is -4.83. The standard InChI is InChI=1S/C19H20F2N2O.C17H13F5N2O2.2C2H6/c1-18(2,24-4)15-8-5-13(6-9-15)14-7-10-16-11-22-17(19(3,20)21)23(16)12-14;1-16(18,19)15-23-8-11-4-3-10(9-24(11)15)13-6-5-12(7-14(13)25-2)26-17(20,21)22;2*1-2/h5-12H,1-4H3;3-9H,1-2H3;2*1-2H3. The molecule has 7 nitrogen and oxygen atoms in total. The van der Waals surface area contributed by atoms with Crippen molar-refractivity contribution in [1.29, 1.82) is 0 Å². The highest BCUT2D eigenvalue weighted by atomic mass is 19.4. The van der Waals surface area contributed by atoms with Crippen LogP contribution in [0.2, 0.25) is 0 Å². The molecule has 0 aliphatic heterocycles. The molecule has 4 aromatic heterocycles. The smallest absolute Gasteiger partial charge is 0.496 e. The van der Waals surface area contributed by atoms with Crippen molar-refractivity contribution in [2.24, 2.45) is 0 Å². The fraction of sp³-hybridized carbons (Fsp3) is 0.350. The van der Waals surface area contributed by atoms with Crippen LogP contribution in [-0.2, 0) is 22.2 Å². The summed E-state index contributed by atoms with van der Waals surface area (Å²) in [5.74, 6) is -7.17. The van der Waals surface area contributed by atoms with Crippen molar-refractivity contribution in [3.8, 4) is 33.8 Å². The van der Waals surface area contributed by atoms with Crippen LogP contribution in [-0.4, -0.2) is 39.4 Å². The van der Waals surface area contributed by atoms with Crippen molar-refractivity contribution < 1.29 is 44.9 Å². The second kappa shape index (κ2) is 17.4. The lowest BCUT2D eigenvalue weighted by Gasteiger charge is -2.23. The first kappa shape index (κ1) is 43.3. The number of halogens is 7. The third-order valence-corrected chi connectivity index (χ3v) is 7.98. The SMILES string of the molecule is CC.CC.COC(C)(C)c1ccc(-c2ccc3cnc(C(C)(F)F)n3c2)cc1.COc1cc(OC(F)(F)F)ccc1-c1ccc2cnc(C(C)(F)F)n2c1. The Balaban J connectivity index is 0.000000267. The molecule has 292 valence electrons. The average molecular weight is 763 g/mol. The Morgan fingerprint density at radius 3 is 1.48 bits per heavy atom. The number of fused-ring (bicyclic) bond motifs is 2. The number of rotatable bonds is 8. The van der Waals surface area contributed by atoms with Gasteiger partial charge in [0.05, 0.1) is 36.1 Å². The first-order valence-corrected chi connectivity index (χ1v) is 17.1. The topological polar surface area (TPSA) is 62.3 Å². The molecule has 0 saturated heterocycles. The van der Waals surface area contributed by atoms with Crippen LogP contribution in [0, 0.1) is 0 Å². The van der Waals surface area contributed by atoms with Crippen LogP contribution in [0.25, 0.3) is 33.3 Å². The van der Waals surface area contributed by atoms with E-state index in [-0.39, 0.29) is 17.2 Å². The predicted molar refractivity (Wildman–Crippen MR) is 196 cm³/mol. The van der Waals surface area contributed by atoms with E-state index in [1.54, 1.807) is 31.5 Å². The van der Waals surface area contributed by atoms with E-state index in [1.165, 1.54) is 40.6 Å². The number of imidazole rings is 2. The number of alkyl halides is 7. The maximum atomic E-state index is 13.7. The van der Waals surface area contributed by atoms with Crippen molar-refractivity contribution in [2.75, 3.05) is 14.2 Å². The monoisotopic (exact) mass is 762 g/mol. The summed E-state index contributed by atoms with van der Waals surface area (Å²) in [4.78, 5) is 7.59. The fourth-order valence-electron chi connectivity index (χ4n) is 5.25. The van der Waals surface area contributed by atoms with Gasteiger partial charge in [0.25, 0.3) is 0 Å². The summed E-state index contributed by atoms with van der Waals surface area (Å²) in [6.45, 7) is 13.6. The van der Waals surface area contributed by atoms with Crippen molar-refractivity contribution in [2.45, 2.75) is 79.2 Å². The van der Waals surface area contributed by atoms with Crippen molar-refractivity contribution >= 4 is 11.0 Å². The summed E-state index contributed by atoms with van der Waals surface area (Å²) in [7, 11) is 2.96. The van der Waals surface area contributed by atoms with E-state index in [9.17, 15) is 30.7 Å². The van der Waals surface area contributed by atoms with E-state index in [4.69, 9.17) is 9.47 Å². The lowest BCUT2D eigenvalue weighted by molar-refractivity contribution is -0.274. The minimum absolute atomic E-state index is 0.107. The van der Waals surface area contributed by atoms with Crippen LogP contribution >= 0.6 is 0 Å². The summed E-state index contributed by atoms with van der Waals surface area (Å²) in [6, 6.07) is 18.4. The van der Waals surface area contributed by atoms with Crippen molar-refractivity contribution in [3.05, 3.63) is 109 Å². The van der Waals surface area contributed by atoms with E-state index in [2.05, 4.69) is 14.7 Å². The highest BCUT2D eigenvalue weighted by Crippen LogP contribution is 2.36. The number of benzene rings is 2. The maximum Gasteiger partial charge on any atom is 0.573 e. The summed E-state index contributed by atoms with van der Waals surface area (Å²) in [5.41, 5.74) is 4.48. The van der Waals surface area contributed by atoms with Gasteiger partial charge in [-0.2, -0.15) is 17.6 Å². The van der Waals surface area contributed by atoms with Gasteiger partial charge in [0.15, 0.2) is 11.6 Å². The van der Waals surface area contributed by atoms with Crippen LogP contribution < -0.4 is 9.47 Å². The third-order valence-electron chi connectivity index (χ3n) is 7.98. The summed E-state index contributed by atoms with van der Waals surface area (Å²) in [6.07, 6.45) is 1.07. The molecule has 0 bridgehead atoms. The Kier molecular flexibility index (Phi) is 13.9. The molecule has 54 heavy (non-hydrogen) atoms. The molecule has 0 aliphatic carbocycles. The molecule has 0 radical (unpaired) electrons. The van der Waals surface area contributed by atoms with Crippen LogP contribution in [0.1, 0.15) is 72.6 Å². The molecule has 4 heterocycles. The fourth-order valence-corrected chi connectivity index (χ4v) is 5.25. The highest BCUT2D eigenvalue weighted by Gasteiger charge is 2.32. The zero-order chi connectivity index (χ0) is 40.6. The van der Waals surface area contributed by atoms with Crippen LogP contribution in [0.3, 0.4) is 0 Å². The molecule has 0 amide bonds. The van der Waals surface area contributed by atoms with Gasteiger partial charge in [-0.25, -0.2) is 9.97 Å². The molecule has 0 N–H and O–H groups in total. The number of pyridine rings is 2. The Labute approximate surface area is 310 Å². The predicted octanol–water partition coefficient (Wildman–Crippen LogP) is 12.1. The van der Waals surface area contributed by atoms with Gasteiger partial charge < -0.3 is 14.2 Å². The highest BCUT2D eigenvalue weighted by molar-refractivity contribution is 5.73. The van der Waals surface area contributed by atoms with E-state index in [0.29, 0.717) is 22.2 Å². The quantitative estimate of drug-likeness (QED) is 0.145. The van der Waals surface area contributed by atoms with Crippen LogP contribution in [0.15, 0.2) is 91.5 Å². The summed E-state index contributed by atoms with van der Waals surface area (Å²) >= 11 is 0. The third kappa shape index (κ3) is 10.3. The molecule has 0 spiro atoms. The molecule has 0 unspecified atom stereocenters. The molecule has 0 atom stereocenters. The maximum absolute atomic E-state index is 13.7. The summed E-state index contributed by atoms with van der Waals surface area (Å²) < 4.78 is 109. The number of aromatic nitrogens is 4. The number of ether oxygens (including phenoxy) is 3.